The number of nitrogens with zero attached hydrogens (tertiary/aromatic N) is 1. The molecule has 0 radical (unpaired) electrons. The highest BCUT2D eigenvalue weighted by Gasteiger charge is 2.16. The maximum absolute atomic E-state index is 12.2. The molecule has 1 heterocycles. The Morgan fingerprint density at radius 3 is 2.95 bits per heavy atom. The lowest BCUT2D eigenvalue weighted by atomic mass is 9.98. The number of aromatic nitrogens is 2. The molecule has 2 N–H and O–H groups in total. The zero-order chi connectivity index (χ0) is 14.5. The minimum atomic E-state index is 0.0882. The van der Waals surface area contributed by atoms with E-state index in [4.69, 9.17) is 0 Å². The van der Waals surface area contributed by atoms with Gasteiger partial charge in [0.2, 0.25) is 5.91 Å². The van der Waals surface area contributed by atoms with E-state index in [0.29, 0.717) is 5.16 Å². The first-order valence-corrected chi connectivity index (χ1v) is 7.58. The molecule has 0 saturated heterocycles. The summed E-state index contributed by atoms with van der Waals surface area (Å²) in [5, 5.41) is 3.57. The van der Waals surface area contributed by atoms with Crippen LogP contribution >= 0.6 is 12.6 Å². The molecule has 4 nitrogen and oxygen atoms in total. The van der Waals surface area contributed by atoms with Crippen molar-refractivity contribution in [2.24, 2.45) is 5.92 Å². The van der Waals surface area contributed by atoms with Crippen LogP contribution in [-0.4, -0.2) is 15.9 Å². The Morgan fingerprint density at radius 2 is 2.25 bits per heavy atom. The smallest absolute Gasteiger partial charge is 0.227 e. The molecule has 20 heavy (non-hydrogen) atoms. The molecule has 1 unspecified atom stereocenters. The molecule has 1 aromatic heterocycles. The van der Waals surface area contributed by atoms with Crippen molar-refractivity contribution in [3.8, 4) is 0 Å². The third kappa shape index (κ3) is 3.54. The fraction of sp³-hybridized carbons (Fsp3) is 0.467. The first-order chi connectivity index (χ1) is 9.63. The predicted octanol–water partition coefficient (Wildman–Crippen LogP) is 4.01. The zero-order valence-corrected chi connectivity index (χ0v) is 12.8. The molecule has 2 rings (SSSR count). The monoisotopic (exact) mass is 291 g/mol. The van der Waals surface area contributed by atoms with Crippen molar-refractivity contribution in [1.29, 1.82) is 0 Å². The van der Waals surface area contributed by atoms with E-state index < -0.39 is 0 Å². The number of rotatable bonds is 6. The molecule has 1 aromatic carbocycles. The zero-order valence-electron chi connectivity index (χ0n) is 11.9. The summed E-state index contributed by atoms with van der Waals surface area (Å²) in [4.78, 5) is 19.5. The first kappa shape index (κ1) is 14.9. The number of benzene rings is 1. The molecule has 5 heteroatoms. The fourth-order valence-electron chi connectivity index (χ4n) is 2.29. The van der Waals surface area contributed by atoms with Crippen molar-refractivity contribution in [1.82, 2.24) is 9.97 Å². The molecule has 0 aliphatic carbocycles. The molecular weight excluding hydrogens is 270 g/mol. The summed E-state index contributed by atoms with van der Waals surface area (Å²) in [6.07, 6.45) is 4.03. The predicted molar refractivity (Wildman–Crippen MR) is 85.3 cm³/mol. The van der Waals surface area contributed by atoms with Crippen LogP contribution < -0.4 is 5.32 Å². The number of unbranched alkanes of at least 4 members (excludes halogenated alkanes) is 1. The number of aromatic amines is 1. The number of imidazole rings is 1. The normalized spacial score (nSPS) is 12.6. The molecule has 1 atom stereocenters. The molecule has 2 aromatic rings. The van der Waals surface area contributed by atoms with Gasteiger partial charge in [-0.15, -0.1) is 12.6 Å². The van der Waals surface area contributed by atoms with Gasteiger partial charge in [-0.1, -0.05) is 26.7 Å². The number of fused-ring (bicyclic) bond motifs is 1. The third-order valence-corrected chi connectivity index (χ3v) is 3.72. The van der Waals surface area contributed by atoms with Gasteiger partial charge in [-0.05, 0) is 31.0 Å². The molecule has 0 aliphatic heterocycles. The summed E-state index contributed by atoms with van der Waals surface area (Å²) in [5.74, 6) is 0.187. The Bertz CT molecular complexity index is 594. The highest BCUT2D eigenvalue weighted by Crippen LogP contribution is 2.20. The summed E-state index contributed by atoms with van der Waals surface area (Å²) >= 11 is 4.18. The lowest BCUT2D eigenvalue weighted by Gasteiger charge is -2.14. The van der Waals surface area contributed by atoms with E-state index in [1.807, 2.05) is 18.2 Å². The van der Waals surface area contributed by atoms with Gasteiger partial charge in [0.05, 0.1) is 11.0 Å². The van der Waals surface area contributed by atoms with Crippen LogP contribution in [0.15, 0.2) is 23.4 Å². The highest BCUT2D eigenvalue weighted by molar-refractivity contribution is 7.80. The van der Waals surface area contributed by atoms with E-state index >= 15 is 0 Å². The van der Waals surface area contributed by atoms with Gasteiger partial charge >= 0.3 is 0 Å². The number of hydrogen-bond donors (Lipinski definition) is 3. The Morgan fingerprint density at radius 1 is 1.45 bits per heavy atom. The van der Waals surface area contributed by atoms with E-state index in [1.54, 1.807) is 0 Å². The number of hydrogen-bond acceptors (Lipinski definition) is 3. The van der Waals surface area contributed by atoms with Crippen LogP contribution in [0.1, 0.15) is 39.5 Å². The quantitative estimate of drug-likeness (QED) is 0.704. The maximum Gasteiger partial charge on any atom is 0.227 e. The van der Waals surface area contributed by atoms with Gasteiger partial charge in [0.25, 0.3) is 0 Å². The van der Waals surface area contributed by atoms with Crippen LogP contribution in [0.5, 0.6) is 0 Å². The summed E-state index contributed by atoms with van der Waals surface area (Å²) < 4.78 is 0. The number of H-pyrrole nitrogens is 1. The van der Waals surface area contributed by atoms with E-state index in [2.05, 4.69) is 41.8 Å². The van der Waals surface area contributed by atoms with Crippen LogP contribution in [0.3, 0.4) is 0 Å². The number of nitrogens with one attached hydrogen (secondary N) is 2. The van der Waals surface area contributed by atoms with Crippen LogP contribution in [0, 0.1) is 5.92 Å². The maximum atomic E-state index is 12.2. The number of anilines is 1. The minimum absolute atomic E-state index is 0.0882. The minimum Gasteiger partial charge on any atom is -0.333 e. The molecule has 1 amide bonds. The third-order valence-electron chi connectivity index (χ3n) is 3.51. The van der Waals surface area contributed by atoms with Gasteiger partial charge in [0.15, 0.2) is 5.16 Å². The van der Waals surface area contributed by atoms with Crippen LogP contribution in [-0.2, 0) is 4.79 Å². The second-order valence-electron chi connectivity index (χ2n) is 5.03. The Balaban J connectivity index is 2.08. The van der Waals surface area contributed by atoms with Gasteiger partial charge in [0, 0.05) is 11.6 Å². The number of amides is 1. The van der Waals surface area contributed by atoms with E-state index in [-0.39, 0.29) is 11.8 Å². The fourth-order valence-corrected chi connectivity index (χ4v) is 2.51. The summed E-state index contributed by atoms with van der Waals surface area (Å²) in [6, 6.07) is 5.67. The lowest BCUT2D eigenvalue weighted by Crippen LogP contribution is -2.22. The van der Waals surface area contributed by atoms with Crippen LogP contribution in [0.2, 0.25) is 0 Å². The molecular formula is C15H21N3OS. The van der Waals surface area contributed by atoms with Crippen molar-refractivity contribution in [2.45, 2.75) is 44.7 Å². The van der Waals surface area contributed by atoms with Crippen LogP contribution in [0.4, 0.5) is 5.69 Å². The average molecular weight is 291 g/mol. The van der Waals surface area contributed by atoms with Gasteiger partial charge in [0.1, 0.15) is 0 Å². The molecule has 0 fully saturated rings. The van der Waals surface area contributed by atoms with E-state index in [1.165, 1.54) is 0 Å². The molecule has 108 valence electrons. The van der Waals surface area contributed by atoms with Crippen molar-refractivity contribution in [3.05, 3.63) is 18.2 Å². The van der Waals surface area contributed by atoms with Crippen molar-refractivity contribution in [2.75, 3.05) is 5.32 Å². The molecule has 0 bridgehead atoms. The number of thiol groups is 1. The summed E-state index contributed by atoms with van der Waals surface area (Å²) in [5.41, 5.74) is 2.53. The average Bonchev–Trinajstić information content (AvgIpc) is 2.79. The Labute approximate surface area is 124 Å². The molecule has 0 aliphatic rings. The number of carbonyl (C=O) groups is 1. The Kier molecular flexibility index (Phi) is 5.06. The second-order valence-corrected chi connectivity index (χ2v) is 5.45. The van der Waals surface area contributed by atoms with Crippen LogP contribution in [0.25, 0.3) is 11.0 Å². The van der Waals surface area contributed by atoms with E-state index in [9.17, 15) is 4.79 Å². The van der Waals surface area contributed by atoms with Gasteiger partial charge < -0.3 is 10.3 Å². The second kappa shape index (κ2) is 6.79. The SMILES string of the molecule is CCCCC(CC)C(=O)Nc1ccc2[nH]c(S)nc2c1. The topological polar surface area (TPSA) is 57.8 Å². The Hall–Kier alpha value is -1.49. The summed E-state index contributed by atoms with van der Waals surface area (Å²) in [6.45, 7) is 4.20. The van der Waals surface area contributed by atoms with Crippen molar-refractivity contribution < 1.29 is 4.79 Å². The largest absolute Gasteiger partial charge is 0.333 e. The van der Waals surface area contributed by atoms with Gasteiger partial charge in [-0.2, -0.15) is 0 Å². The number of carbonyl (C=O) groups excluding carboxylic acids is 1. The van der Waals surface area contributed by atoms with Crippen molar-refractivity contribution in [3.63, 3.8) is 0 Å². The molecule has 0 saturated carbocycles. The van der Waals surface area contributed by atoms with E-state index in [0.717, 1.165) is 42.4 Å². The van der Waals surface area contributed by atoms with Gasteiger partial charge in [-0.3, -0.25) is 4.79 Å². The molecule has 0 spiro atoms. The van der Waals surface area contributed by atoms with Crippen molar-refractivity contribution >= 4 is 35.3 Å². The standard InChI is InChI=1S/C15H21N3OS/c1-3-5-6-10(4-2)14(19)16-11-7-8-12-13(9-11)18-15(20)17-12/h7-10H,3-6H2,1-2H3,(H,16,19)(H2,17,18,20). The lowest BCUT2D eigenvalue weighted by molar-refractivity contribution is -0.120. The summed E-state index contributed by atoms with van der Waals surface area (Å²) in [7, 11) is 0. The van der Waals surface area contributed by atoms with Gasteiger partial charge in [-0.25, -0.2) is 4.98 Å². The first-order valence-electron chi connectivity index (χ1n) is 7.13. The highest BCUT2D eigenvalue weighted by atomic mass is 32.1.